The summed E-state index contributed by atoms with van der Waals surface area (Å²) in [4.78, 5) is 0. The minimum atomic E-state index is 0.340. The molecule has 0 aliphatic rings. The Hall–Kier alpha value is -0.500. The normalized spacial score (nSPS) is 11.2. The summed E-state index contributed by atoms with van der Waals surface area (Å²) in [5, 5.41) is 3.08. The molecule has 0 rings (SSSR count). The van der Waals surface area contributed by atoms with Crippen molar-refractivity contribution in [1.29, 1.82) is 0 Å². The maximum absolute atomic E-state index is 5.29. The van der Waals surface area contributed by atoms with Crippen molar-refractivity contribution in [3.05, 3.63) is 12.3 Å². The van der Waals surface area contributed by atoms with Crippen LogP contribution in [0.25, 0.3) is 0 Å². The van der Waals surface area contributed by atoms with Gasteiger partial charge in [0.2, 0.25) is 0 Å². The van der Waals surface area contributed by atoms with Crippen LogP contribution in [0.1, 0.15) is 20.8 Å². The fourth-order valence-electron chi connectivity index (χ4n) is 0.555. The summed E-state index contributed by atoms with van der Waals surface area (Å²) >= 11 is 0. The molecule has 0 heterocycles. The Morgan fingerprint density at radius 3 is 2.70 bits per heavy atom. The van der Waals surface area contributed by atoms with Gasteiger partial charge in [-0.05, 0) is 27.0 Å². The second kappa shape index (κ2) is 6.62. The summed E-state index contributed by atoms with van der Waals surface area (Å²) in [6.45, 7) is 7.73. The van der Waals surface area contributed by atoms with Gasteiger partial charge in [0.25, 0.3) is 0 Å². The quantitative estimate of drug-likeness (QED) is 0.589. The third-order valence-electron chi connectivity index (χ3n) is 0.982. The maximum atomic E-state index is 5.29. The Bertz CT molecular complexity index is 89.3. The molecular formula is C8H17NO. The second-order valence-corrected chi connectivity index (χ2v) is 2.37. The van der Waals surface area contributed by atoms with Crippen LogP contribution in [0.15, 0.2) is 12.3 Å². The van der Waals surface area contributed by atoms with Crippen molar-refractivity contribution in [2.45, 2.75) is 26.9 Å². The molecule has 1 N–H and O–H groups in total. The second-order valence-electron chi connectivity index (χ2n) is 2.37. The standard InChI is InChI=1S/C8H17NO/c1-4-5-9-6-7-10-8(2)3/h4-5,8-9H,6-7H2,1-3H3. The van der Waals surface area contributed by atoms with E-state index in [0.29, 0.717) is 6.10 Å². The Morgan fingerprint density at radius 1 is 1.50 bits per heavy atom. The molecule has 0 aromatic rings. The van der Waals surface area contributed by atoms with Crippen molar-refractivity contribution in [3.8, 4) is 0 Å². The van der Waals surface area contributed by atoms with Crippen LogP contribution in [0.4, 0.5) is 0 Å². The summed E-state index contributed by atoms with van der Waals surface area (Å²) in [5.74, 6) is 0. The van der Waals surface area contributed by atoms with E-state index in [-0.39, 0.29) is 0 Å². The molecule has 0 saturated heterocycles. The van der Waals surface area contributed by atoms with Gasteiger partial charge in [-0.3, -0.25) is 0 Å². The third kappa shape index (κ3) is 7.50. The van der Waals surface area contributed by atoms with E-state index in [1.165, 1.54) is 0 Å². The van der Waals surface area contributed by atoms with Crippen LogP contribution in [0, 0.1) is 0 Å². The Balaban J connectivity index is 2.91. The first kappa shape index (κ1) is 9.50. The van der Waals surface area contributed by atoms with Gasteiger partial charge in [-0.25, -0.2) is 0 Å². The van der Waals surface area contributed by atoms with E-state index in [1.54, 1.807) is 0 Å². The topological polar surface area (TPSA) is 21.3 Å². The number of ether oxygens (including phenoxy) is 1. The van der Waals surface area contributed by atoms with E-state index in [9.17, 15) is 0 Å². The molecule has 0 amide bonds. The van der Waals surface area contributed by atoms with Crippen molar-refractivity contribution < 1.29 is 4.74 Å². The molecule has 0 unspecified atom stereocenters. The van der Waals surface area contributed by atoms with Crippen molar-refractivity contribution in [2.75, 3.05) is 13.2 Å². The molecule has 0 atom stereocenters. The molecule has 0 aliphatic carbocycles. The monoisotopic (exact) mass is 143 g/mol. The highest BCUT2D eigenvalue weighted by Gasteiger charge is 1.89. The number of allylic oxidation sites excluding steroid dienone is 1. The Morgan fingerprint density at radius 2 is 2.20 bits per heavy atom. The lowest BCUT2D eigenvalue weighted by atomic mass is 10.5. The van der Waals surface area contributed by atoms with Crippen LogP contribution in [0.3, 0.4) is 0 Å². The molecule has 0 aromatic carbocycles. The molecule has 2 nitrogen and oxygen atoms in total. The van der Waals surface area contributed by atoms with E-state index in [4.69, 9.17) is 4.74 Å². The largest absolute Gasteiger partial charge is 0.389 e. The maximum Gasteiger partial charge on any atom is 0.0642 e. The fraction of sp³-hybridized carbons (Fsp3) is 0.750. The summed E-state index contributed by atoms with van der Waals surface area (Å²) in [7, 11) is 0. The third-order valence-corrected chi connectivity index (χ3v) is 0.982. The highest BCUT2D eigenvalue weighted by Crippen LogP contribution is 1.84. The molecule has 0 aliphatic heterocycles. The van der Waals surface area contributed by atoms with Gasteiger partial charge in [-0.15, -0.1) is 0 Å². The van der Waals surface area contributed by atoms with Crippen molar-refractivity contribution in [3.63, 3.8) is 0 Å². The molecule has 0 saturated carbocycles. The average Bonchev–Trinajstić information content (AvgIpc) is 1.87. The molecule has 0 spiro atoms. The highest BCUT2D eigenvalue weighted by molar-refractivity contribution is 4.73. The summed E-state index contributed by atoms with van der Waals surface area (Å²) in [5.41, 5.74) is 0. The van der Waals surface area contributed by atoms with Gasteiger partial charge < -0.3 is 10.1 Å². The Labute approximate surface area is 63.3 Å². The van der Waals surface area contributed by atoms with Gasteiger partial charge >= 0.3 is 0 Å². The predicted molar refractivity (Wildman–Crippen MR) is 43.9 cm³/mol. The zero-order valence-electron chi connectivity index (χ0n) is 7.05. The molecule has 2 heteroatoms. The van der Waals surface area contributed by atoms with Gasteiger partial charge in [-0.1, -0.05) is 6.08 Å². The van der Waals surface area contributed by atoms with Crippen LogP contribution in [-0.4, -0.2) is 19.3 Å². The highest BCUT2D eigenvalue weighted by atomic mass is 16.5. The first-order valence-electron chi connectivity index (χ1n) is 3.73. The Kier molecular flexibility index (Phi) is 6.29. The zero-order chi connectivity index (χ0) is 7.82. The lowest BCUT2D eigenvalue weighted by Crippen LogP contribution is -2.16. The van der Waals surface area contributed by atoms with Crippen LogP contribution in [-0.2, 0) is 4.74 Å². The van der Waals surface area contributed by atoms with E-state index >= 15 is 0 Å². The lowest BCUT2D eigenvalue weighted by molar-refractivity contribution is 0.0824. The van der Waals surface area contributed by atoms with Crippen LogP contribution < -0.4 is 5.32 Å². The lowest BCUT2D eigenvalue weighted by Gasteiger charge is -2.06. The van der Waals surface area contributed by atoms with Crippen molar-refractivity contribution in [2.24, 2.45) is 0 Å². The fourth-order valence-corrected chi connectivity index (χ4v) is 0.555. The van der Waals surface area contributed by atoms with E-state index < -0.39 is 0 Å². The minimum Gasteiger partial charge on any atom is -0.389 e. The smallest absolute Gasteiger partial charge is 0.0642 e. The van der Waals surface area contributed by atoms with Crippen LogP contribution in [0.2, 0.25) is 0 Å². The molecular weight excluding hydrogens is 126 g/mol. The number of hydrogen-bond acceptors (Lipinski definition) is 2. The summed E-state index contributed by atoms with van der Waals surface area (Å²) < 4.78 is 5.29. The summed E-state index contributed by atoms with van der Waals surface area (Å²) in [6.07, 6.45) is 4.23. The first-order valence-corrected chi connectivity index (χ1v) is 3.73. The molecule has 0 radical (unpaired) electrons. The number of hydrogen-bond donors (Lipinski definition) is 1. The van der Waals surface area contributed by atoms with Crippen molar-refractivity contribution in [1.82, 2.24) is 5.32 Å². The SMILES string of the molecule is CC=CNCCOC(C)C. The zero-order valence-corrected chi connectivity index (χ0v) is 7.05. The van der Waals surface area contributed by atoms with E-state index in [1.807, 2.05) is 33.0 Å². The van der Waals surface area contributed by atoms with Gasteiger partial charge in [0, 0.05) is 6.54 Å². The van der Waals surface area contributed by atoms with Crippen LogP contribution in [0.5, 0.6) is 0 Å². The molecule has 0 aromatic heterocycles. The first-order chi connectivity index (χ1) is 4.77. The number of rotatable bonds is 5. The van der Waals surface area contributed by atoms with Crippen LogP contribution >= 0.6 is 0 Å². The summed E-state index contributed by atoms with van der Waals surface area (Å²) in [6, 6.07) is 0. The molecule has 0 bridgehead atoms. The van der Waals surface area contributed by atoms with E-state index in [0.717, 1.165) is 13.2 Å². The van der Waals surface area contributed by atoms with Crippen molar-refractivity contribution >= 4 is 0 Å². The number of nitrogens with one attached hydrogen (secondary N) is 1. The van der Waals surface area contributed by atoms with Gasteiger partial charge in [-0.2, -0.15) is 0 Å². The average molecular weight is 143 g/mol. The molecule has 0 fully saturated rings. The van der Waals surface area contributed by atoms with Gasteiger partial charge in [0.1, 0.15) is 0 Å². The van der Waals surface area contributed by atoms with Gasteiger partial charge in [0.05, 0.1) is 12.7 Å². The molecule has 10 heavy (non-hydrogen) atoms. The minimum absolute atomic E-state index is 0.340. The molecule has 60 valence electrons. The van der Waals surface area contributed by atoms with E-state index in [2.05, 4.69) is 5.32 Å². The predicted octanol–water partition coefficient (Wildman–Crippen LogP) is 1.53. The van der Waals surface area contributed by atoms with Gasteiger partial charge in [0.15, 0.2) is 0 Å².